The predicted molar refractivity (Wildman–Crippen MR) is 42.9 cm³/mol. The Balaban J connectivity index is 2.57. The number of hydrogen-bond acceptors (Lipinski definition) is 2. The van der Waals surface area contributed by atoms with Crippen LogP contribution in [0.5, 0.6) is 0 Å². The van der Waals surface area contributed by atoms with Crippen LogP contribution in [0.2, 0.25) is 0 Å². The third-order valence-corrected chi connectivity index (χ3v) is 1.83. The first-order valence-electron chi connectivity index (χ1n) is 3.74. The average Bonchev–Trinajstić information content (AvgIpc) is 2.05. The highest BCUT2D eigenvalue weighted by atomic mass is 16.6. The summed E-state index contributed by atoms with van der Waals surface area (Å²) < 4.78 is 0. The van der Waals surface area contributed by atoms with Gasteiger partial charge in [-0.15, -0.1) is 0 Å². The average molecular weight is 153 g/mol. The summed E-state index contributed by atoms with van der Waals surface area (Å²) in [5, 5.41) is 10.3. The second-order valence-electron chi connectivity index (χ2n) is 2.58. The van der Waals surface area contributed by atoms with Crippen molar-refractivity contribution in [2.24, 2.45) is 0 Å². The molecule has 1 rings (SSSR count). The molecule has 0 fully saturated rings. The molecule has 0 N–H and O–H groups in total. The summed E-state index contributed by atoms with van der Waals surface area (Å²) in [6.07, 6.45) is 6.96. The Hall–Kier alpha value is -1.12. The number of allylic oxidation sites excluding steroid dienone is 2. The van der Waals surface area contributed by atoms with Crippen molar-refractivity contribution in [2.75, 3.05) is 0 Å². The lowest BCUT2D eigenvalue weighted by Gasteiger charge is -2.07. The lowest BCUT2D eigenvalue weighted by atomic mass is 10.0. The van der Waals surface area contributed by atoms with E-state index in [1.54, 1.807) is 6.08 Å². The van der Waals surface area contributed by atoms with Gasteiger partial charge in [0.25, 0.3) is 0 Å². The summed E-state index contributed by atoms with van der Waals surface area (Å²) >= 11 is 0. The quantitative estimate of drug-likeness (QED) is 0.449. The van der Waals surface area contributed by atoms with Gasteiger partial charge in [0.1, 0.15) is 0 Å². The van der Waals surface area contributed by atoms with E-state index in [-0.39, 0.29) is 4.92 Å². The molecule has 0 radical (unpaired) electrons. The van der Waals surface area contributed by atoms with Crippen molar-refractivity contribution in [1.29, 1.82) is 0 Å². The fourth-order valence-electron chi connectivity index (χ4n) is 1.07. The van der Waals surface area contributed by atoms with Crippen molar-refractivity contribution in [3.63, 3.8) is 0 Å². The van der Waals surface area contributed by atoms with Crippen molar-refractivity contribution in [2.45, 2.75) is 25.8 Å². The van der Waals surface area contributed by atoms with E-state index in [1.807, 2.05) is 19.1 Å². The lowest BCUT2D eigenvalue weighted by Crippen LogP contribution is -2.17. The van der Waals surface area contributed by atoms with Crippen molar-refractivity contribution < 1.29 is 4.92 Å². The van der Waals surface area contributed by atoms with Gasteiger partial charge in [-0.05, 0) is 12.5 Å². The molecule has 0 bridgehead atoms. The second kappa shape index (κ2) is 3.32. The highest BCUT2D eigenvalue weighted by Crippen LogP contribution is 2.14. The maximum atomic E-state index is 10.3. The third kappa shape index (κ3) is 1.90. The molecular weight excluding hydrogens is 142 g/mol. The summed E-state index contributed by atoms with van der Waals surface area (Å²) in [6.45, 7) is 2.04. The van der Waals surface area contributed by atoms with Crippen LogP contribution >= 0.6 is 0 Å². The SMILES string of the molecule is CCC1=CCC([N+](=O)[O-])C=C1. The van der Waals surface area contributed by atoms with Gasteiger partial charge < -0.3 is 0 Å². The predicted octanol–water partition coefficient (Wildman–Crippen LogP) is 1.93. The molecule has 60 valence electrons. The Labute approximate surface area is 65.6 Å². The molecule has 0 aromatic carbocycles. The number of nitro groups is 1. The van der Waals surface area contributed by atoms with Gasteiger partial charge in [-0.25, -0.2) is 0 Å². The summed E-state index contributed by atoms with van der Waals surface area (Å²) in [6, 6.07) is -0.495. The minimum Gasteiger partial charge on any atom is -0.264 e. The Morgan fingerprint density at radius 2 is 2.55 bits per heavy atom. The molecule has 0 aliphatic heterocycles. The van der Waals surface area contributed by atoms with Gasteiger partial charge in [-0.2, -0.15) is 0 Å². The minimum absolute atomic E-state index is 0.251. The lowest BCUT2D eigenvalue weighted by molar-refractivity contribution is -0.508. The molecule has 1 unspecified atom stereocenters. The van der Waals surface area contributed by atoms with Gasteiger partial charge in [-0.1, -0.05) is 24.6 Å². The number of nitrogens with zero attached hydrogens (tertiary/aromatic N) is 1. The van der Waals surface area contributed by atoms with Gasteiger partial charge in [0.2, 0.25) is 6.04 Å². The monoisotopic (exact) mass is 153 g/mol. The van der Waals surface area contributed by atoms with E-state index in [0.717, 1.165) is 6.42 Å². The molecule has 1 atom stereocenters. The highest BCUT2D eigenvalue weighted by molar-refractivity contribution is 5.23. The molecule has 0 aromatic heterocycles. The van der Waals surface area contributed by atoms with E-state index in [0.29, 0.717) is 6.42 Å². The molecule has 0 saturated carbocycles. The van der Waals surface area contributed by atoms with Crippen LogP contribution in [-0.2, 0) is 0 Å². The maximum Gasteiger partial charge on any atom is 0.235 e. The first-order chi connectivity index (χ1) is 5.24. The van der Waals surface area contributed by atoms with Gasteiger partial charge in [-0.3, -0.25) is 10.1 Å². The molecule has 0 heterocycles. The van der Waals surface area contributed by atoms with E-state index in [2.05, 4.69) is 0 Å². The Kier molecular flexibility index (Phi) is 2.41. The molecule has 0 spiro atoms. The van der Waals surface area contributed by atoms with Crippen molar-refractivity contribution >= 4 is 0 Å². The zero-order chi connectivity index (χ0) is 8.27. The Morgan fingerprint density at radius 3 is 2.91 bits per heavy atom. The van der Waals surface area contributed by atoms with Crippen molar-refractivity contribution in [3.05, 3.63) is 33.9 Å². The fourth-order valence-corrected chi connectivity index (χ4v) is 1.07. The van der Waals surface area contributed by atoms with Gasteiger partial charge >= 0.3 is 0 Å². The molecule has 3 heteroatoms. The highest BCUT2D eigenvalue weighted by Gasteiger charge is 2.16. The summed E-state index contributed by atoms with van der Waals surface area (Å²) in [5.74, 6) is 0. The normalized spacial score (nSPS) is 23.0. The first-order valence-corrected chi connectivity index (χ1v) is 3.74. The van der Waals surface area contributed by atoms with Crippen LogP contribution in [0, 0.1) is 10.1 Å². The van der Waals surface area contributed by atoms with E-state index >= 15 is 0 Å². The van der Waals surface area contributed by atoms with E-state index < -0.39 is 6.04 Å². The van der Waals surface area contributed by atoms with E-state index in [9.17, 15) is 10.1 Å². The van der Waals surface area contributed by atoms with Crippen molar-refractivity contribution in [3.8, 4) is 0 Å². The molecular formula is C8H11NO2. The summed E-state index contributed by atoms with van der Waals surface area (Å²) in [7, 11) is 0. The van der Waals surface area contributed by atoms with Crippen LogP contribution in [0.15, 0.2) is 23.8 Å². The third-order valence-electron chi connectivity index (χ3n) is 1.83. The van der Waals surface area contributed by atoms with Crippen LogP contribution in [0.3, 0.4) is 0 Å². The van der Waals surface area contributed by atoms with Crippen molar-refractivity contribution in [1.82, 2.24) is 0 Å². The number of rotatable bonds is 2. The van der Waals surface area contributed by atoms with Crippen LogP contribution in [0.25, 0.3) is 0 Å². The van der Waals surface area contributed by atoms with Gasteiger partial charge in [0.05, 0.1) is 0 Å². The minimum atomic E-state index is -0.495. The zero-order valence-electron chi connectivity index (χ0n) is 6.49. The smallest absolute Gasteiger partial charge is 0.235 e. The topological polar surface area (TPSA) is 43.1 Å². The second-order valence-corrected chi connectivity index (χ2v) is 2.58. The van der Waals surface area contributed by atoms with Gasteiger partial charge in [0, 0.05) is 11.3 Å². The number of hydrogen-bond donors (Lipinski definition) is 0. The standard InChI is InChI=1S/C8H11NO2/c1-2-7-3-5-8(6-4-7)9(10)11/h3-5,8H,2,6H2,1H3. The van der Waals surface area contributed by atoms with E-state index in [1.165, 1.54) is 5.57 Å². The maximum absolute atomic E-state index is 10.3. The van der Waals surface area contributed by atoms with Crippen LogP contribution in [-0.4, -0.2) is 11.0 Å². The van der Waals surface area contributed by atoms with Gasteiger partial charge in [0.15, 0.2) is 0 Å². The molecule has 0 saturated heterocycles. The molecule has 0 amide bonds. The van der Waals surface area contributed by atoms with Crippen LogP contribution in [0.4, 0.5) is 0 Å². The molecule has 0 aromatic rings. The Bertz CT molecular complexity index is 218. The molecule has 1 aliphatic rings. The zero-order valence-corrected chi connectivity index (χ0v) is 6.49. The molecule has 3 nitrogen and oxygen atoms in total. The van der Waals surface area contributed by atoms with E-state index in [4.69, 9.17) is 0 Å². The van der Waals surface area contributed by atoms with Crippen LogP contribution in [0.1, 0.15) is 19.8 Å². The van der Waals surface area contributed by atoms with Crippen LogP contribution < -0.4 is 0 Å². The first kappa shape index (κ1) is 7.98. The fraction of sp³-hybridized carbons (Fsp3) is 0.500. The molecule has 11 heavy (non-hydrogen) atoms. The molecule has 1 aliphatic carbocycles. The summed E-state index contributed by atoms with van der Waals surface area (Å²) in [5.41, 5.74) is 1.20. The Morgan fingerprint density at radius 1 is 1.82 bits per heavy atom. The summed E-state index contributed by atoms with van der Waals surface area (Å²) in [4.78, 5) is 10.0. The largest absolute Gasteiger partial charge is 0.264 e.